The molecule has 4 rings (SSSR count). The first-order valence-corrected chi connectivity index (χ1v) is 11.2. The third kappa shape index (κ3) is 5.45. The standard InChI is InChI=1S/C25H29N3O5/c1-27(15-17-7-4-3-5-8-17)25(31)32-16-23-26-21-14-20(11-12-22(21)28(23)2)33-19-10-6-9-18(13-19)24(29)30/h3-5,7-8,11-12,14,18-19H,6,9-10,13,15-16H2,1-2H3,(H,29,30)/t18-,19-/m1/s1. The number of carbonyl (C=O) groups is 2. The molecule has 33 heavy (non-hydrogen) atoms. The maximum atomic E-state index is 12.4. The lowest BCUT2D eigenvalue weighted by molar-refractivity contribution is -0.143. The Bertz CT molecular complexity index is 1130. The van der Waals surface area contributed by atoms with Crippen LogP contribution in [-0.2, 0) is 29.7 Å². The normalized spacial score (nSPS) is 18.1. The molecule has 8 nitrogen and oxygen atoms in total. The van der Waals surface area contributed by atoms with E-state index in [0.717, 1.165) is 29.4 Å². The molecule has 0 unspecified atom stereocenters. The average molecular weight is 452 g/mol. The first-order valence-electron chi connectivity index (χ1n) is 11.2. The number of hydrogen-bond acceptors (Lipinski definition) is 5. The van der Waals surface area contributed by atoms with E-state index in [-0.39, 0.29) is 18.6 Å². The van der Waals surface area contributed by atoms with E-state index < -0.39 is 12.1 Å². The Balaban J connectivity index is 1.38. The molecule has 0 aliphatic heterocycles. The van der Waals surface area contributed by atoms with Gasteiger partial charge in [-0.2, -0.15) is 0 Å². The van der Waals surface area contributed by atoms with E-state index >= 15 is 0 Å². The maximum absolute atomic E-state index is 12.4. The molecule has 1 heterocycles. The number of hydrogen-bond donors (Lipinski definition) is 1. The number of carbonyl (C=O) groups excluding carboxylic acids is 1. The highest BCUT2D eigenvalue weighted by molar-refractivity contribution is 5.78. The monoisotopic (exact) mass is 451 g/mol. The van der Waals surface area contributed by atoms with Crippen molar-refractivity contribution in [1.82, 2.24) is 14.5 Å². The molecule has 1 aliphatic rings. The van der Waals surface area contributed by atoms with Gasteiger partial charge in [-0.05, 0) is 43.4 Å². The smallest absolute Gasteiger partial charge is 0.410 e. The molecule has 1 N–H and O–H groups in total. The fraction of sp³-hybridized carbons (Fsp3) is 0.400. The van der Waals surface area contributed by atoms with E-state index in [1.807, 2.05) is 60.1 Å². The summed E-state index contributed by atoms with van der Waals surface area (Å²) in [5.74, 6) is 0.204. The number of carboxylic acids is 1. The van der Waals surface area contributed by atoms with Crippen molar-refractivity contribution in [3.05, 3.63) is 59.9 Å². The van der Waals surface area contributed by atoms with Crippen LogP contribution in [0.2, 0.25) is 0 Å². The summed E-state index contributed by atoms with van der Waals surface area (Å²) in [6.45, 7) is 0.523. The lowest BCUT2D eigenvalue weighted by Crippen LogP contribution is -2.29. The Morgan fingerprint density at radius 2 is 1.97 bits per heavy atom. The number of rotatable bonds is 7. The highest BCUT2D eigenvalue weighted by Crippen LogP contribution is 2.29. The second kappa shape index (κ2) is 9.94. The molecular formula is C25H29N3O5. The molecule has 8 heteroatoms. The number of aryl methyl sites for hydroxylation is 1. The number of nitrogens with zero attached hydrogens (tertiary/aromatic N) is 3. The van der Waals surface area contributed by atoms with Crippen LogP contribution in [0.25, 0.3) is 11.0 Å². The van der Waals surface area contributed by atoms with Gasteiger partial charge in [-0.15, -0.1) is 0 Å². The van der Waals surface area contributed by atoms with Crippen molar-refractivity contribution in [3.8, 4) is 5.75 Å². The van der Waals surface area contributed by atoms with Crippen LogP contribution in [0.3, 0.4) is 0 Å². The van der Waals surface area contributed by atoms with Crippen LogP contribution >= 0.6 is 0 Å². The van der Waals surface area contributed by atoms with Crippen molar-refractivity contribution >= 4 is 23.1 Å². The van der Waals surface area contributed by atoms with E-state index in [1.165, 1.54) is 4.90 Å². The Kier molecular flexibility index (Phi) is 6.82. The summed E-state index contributed by atoms with van der Waals surface area (Å²) in [6.07, 6.45) is 2.40. The summed E-state index contributed by atoms with van der Waals surface area (Å²) < 4.78 is 13.4. The number of aliphatic carboxylic acids is 1. The Labute approximate surface area is 192 Å². The Hall–Kier alpha value is -3.55. The number of benzene rings is 2. The van der Waals surface area contributed by atoms with E-state index in [9.17, 15) is 14.7 Å². The predicted molar refractivity (Wildman–Crippen MR) is 123 cm³/mol. The lowest BCUT2D eigenvalue weighted by Gasteiger charge is -2.27. The van der Waals surface area contributed by atoms with Gasteiger partial charge in [-0.25, -0.2) is 9.78 Å². The Morgan fingerprint density at radius 3 is 2.73 bits per heavy atom. The fourth-order valence-electron chi connectivity index (χ4n) is 4.26. The number of ether oxygens (including phenoxy) is 2. The van der Waals surface area contributed by atoms with Gasteiger partial charge in [0.25, 0.3) is 0 Å². The molecule has 174 valence electrons. The molecule has 1 saturated carbocycles. The number of aromatic nitrogens is 2. The minimum atomic E-state index is -0.753. The van der Waals surface area contributed by atoms with E-state index in [0.29, 0.717) is 31.0 Å². The van der Waals surface area contributed by atoms with Gasteiger partial charge >= 0.3 is 12.1 Å². The van der Waals surface area contributed by atoms with Gasteiger partial charge in [-0.1, -0.05) is 30.3 Å². The second-order valence-corrected chi connectivity index (χ2v) is 8.58. The molecule has 0 radical (unpaired) electrons. The van der Waals surface area contributed by atoms with Crippen molar-refractivity contribution in [1.29, 1.82) is 0 Å². The van der Waals surface area contributed by atoms with Crippen LogP contribution in [0.1, 0.15) is 37.1 Å². The minimum Gasteiger partial charge on any atom is -0.490 e. The number of fused-ring (bicyclic) bond motifs is 1. The second-order valence-electron chi connectivity index (χ2n) is 8.58. The Morgan fingerprint density at radius 1 is 1.18 bits per heavy atom. The number of carboxylic acid groups (broad SMARTS) is 1. The average Bonchev–Trinajstić information content (AvgIpc) is 3.13. The van der Waals surface area contributed by atoms with Gasteiger partial charge in [0.2, 0.25) is 0 Å². The highest BCUT2D eigenvalue weighted by atomic mass is 16.6. The fourth-order valence-corrected chi connectivity index (χ4v) is 4.26. The number of imidazole rings is 1. The van der Waals surface area contributed by atoms with Gasteiger partial charge in [-0.3, -0.25) is 4.79 Å². The van der Waals surface area contributed by atoms with Gasteiger partial charge in [0.15, 0.2) is 6.61 Å². The minimum absolute atomic E-state index is 0.0578. The van der Waals surface area contributed by atoms with Crippen LogP contribution in [0.5, 0.6) is 5.75 Å². The largest absolute Gasteiger partial charge is 0.490 e. The molecule has 0 saturated heterocycles. The van der Waals surface area contributed by atoms with Crippen LogP contribution in [0.4, 0.5) is 4.79 Å². The molecule has 1 fully saturated rings. The third-order valence-electron chi connectivity index (χ3n) is 6.12. The van der Waals surface area contributed by atoms with Gasteiger partial charge in [0, 0.05) is 26.7 Å². The van der Waals surface area contributed by atoms with Crippen molar-refractivity contribution < 1.29 is 24.2 Å². The van der Waals surface area contributed by atoms with Crippen molar-refractivity contribution in [2.75, 3.05) is 7.05 Å². The third-order valence-corrected chi connectivity index (χ3v) is 6.12. The molecular weight excluding hydrogens is 422 g/mol. The van der Waals surface area contributed by atoms with Gasteiger partial charge in [0.05, 0.1) is 23.1 Å². The van der Waals surface area contributed by atoms with Crippen LogP contribution < -0.4 is 4.74 Å². The summed E-state index contributed by atoms with van der Waals surface area (Å²) in [7, 11) is 3.58. The van der Waals surface area contributed by atoms with E-state index in [2.05, 4.69) is 4.98 Å². The zero-order valence-corrected chi connectivity index (χ0v) is 18.9. The molecule has 0 spiro atoms. The molecule has 2 aromatic carbocycles. The van der Waals surface area contributed by atoms with E-state index in [1.54, 1.807) is 7.05 Å². The summed E-state index contributed by atoms with van der Waals surface area (Å²) in [4.78, 5) is 29.8. The van der Waals surface area contributed by atoms with Gasteiger partial charge in [0.1, 0.15) is 11.6 Å². The van der Waals surface area contributed by atoms with Crippen molar-refractivity contribution in [2.24, 2.45) is 13.0 Å². The lowest BCUT2D eigenvalue weighted by atomic mass is 9.87. The summed E-state index contributed by atoms with van der Waals surface area (Å²) in [6, 6.07) is 15.4. The van der Waals surface area contributed by atoms with Crippen LogP contribution in [0.15, 0.2) is 48.5 Å². The molecule has 3 aromatic rings. The van der Waals surface area contributed by atoms with Crippen LogP contribution in [0, 0.1) is 5.92 Å². The SMILES string of the molecule is CN(Cc1ccccc1)C(=O)OCc1nc2cc(O[C@@H]3CCC[C@@H](C(=O)O)C3)ccc2n1C. The first kappa shape index (κ1) is 22.6. The molecule has 1 aromatic heterocycles. The van der Waals surface area contributed by atoms with Crippen LogP contribution in [-0.4, -0.2) is 44.8 Å². The van der Waals surface area contributed by atoms with Crippen molar-refractivity contribution in [2.45, 2.75) is 44.9 Å². The highest BCUT2D eigenvalue weighted by Gasteiger charge is 2.28. The van der Waals surface area contributed by atoms with Crippen molar-refractivity contribution in [3.63, 3.8) is 0 Å². The molecule has 0 bridgehead atoms. The maximum Gasteiger partial charge on any atom is 0.410 e. The zero-order chi connectivity index (χ0) is 23.4. The summed E-state index contributed by atoms with van der Waals surface area (Å²) in [5, 5.41) is 9.29. The van der Waals surface area contributed by atoms with E-state index in [4.69, 9.17) is 9.47 Å². The summed E-state index contributed by atoms with van der Waals surface area (Å²) in [5.41, 5.74) is 2.67. The van der Waals surface area contributed by atoms with Gasteiger partial charge < -0.3 is 24.0 Å². The first-order chi connectivity index (χ1) is 15.9. The number of amides is 1. The zero-order valence-electron chi connectivity index (χ0n) is 18.9. The molecule has 2 atom stereocenters. The molecule has 1 aliphatic carbocycles. The topological polar surface area (TPSA) is 93.9 Å². The summed E-state index contributed by atoms with van der Waals surface area (Å²) >= 11 is 0. The molecule has 1 amide bonds. The quantitative estimate of drug-likeness (QED) is 0.574. The predicted octanol–water partition coefficient (Wildman–Crippen LogP) is 4.36.